The molecular weight excluding hydrogens is 439 g/mol. The number of hydrogen-bond donors (Lipinski definition) is 5. The van der Waals surface area contributed by atoms with Crippen molar-refractivity contribution >= 4 is 40.9 Å². The van der Waals surface area contributed by atoms with Crippen molar-refractivity contribution in [2.45, 2.75) is 86.3 Å². The van der Waals surface area contributed by atoms with Crippen molar-refractivity contribution in [2.75, 3.05) is 18.7 Å². The number of amides is 1. The van der Waals surface area contributed by atoms with Gasteiger partial charge in [-0.1, -0.05) is 0 Å². The molecule has 2 saturated heterocycles. The van der Waals surface area contributed by atoms with E-state index in [-0.39, 0.29) is 11.9 Å². The van der Waals surface area contributed by atoms with E-state index in [1.54, 1.807) is 13.2 Å². The van der Waals surface area contributed by atoms with Crippen molar-refractivity contribution in [2.24, 2.45) is 5.92 Å². The fourth-order valence-corrected chi connectivity index (χ4v) is 5.12. The standard InChI is InChI=1S/C19H34Cl2N2O5S/c1-10(21)13(17-15(25)14(24)16(26)19(28-17)29-2)23-18(27)12-6-5-11(4-3-8-20)7-9-22-12/h10-17,19,22,24-26H,3-9H2,1-2H3,(H,23,27). The third-order valence-corrected chi connectivity index (χ3v) is 7.26. The maximum atomic E-state index is 12.9. The predicted octanol–water partition coefficient (Wildman–Crippen LogP) is 1.05. The Kier molecular flexibility index (Phi) is 10.8. The minimum atomic E-state index is -1.38. The molecule has 0 saturated carbocycles. The van der Waals surface area contributed by atoms with Crippen LogP contribution >= 0.6 is 35.0 Å². The van der Waals surface area contributed by atoms with Crippen LogP contribution in [0.3, 0.4) is 0 Å². The van der Waals surface area contributed by atoms with E-state index >= 15 is 0 Å². The van der Waals surface area contributed by atoms with Gasteiger partial charge in [0, 0.05) is 5.88 Å². The lowest BCUT2D eigenvalue weighted by atomic mass is 9.92. The fraction of sp³-hybridized carbons (Fsp3) is 0.947. The Morgan fingerprint density at radius 3 is 2.59 bits per heavy atom. The maximum Gasteiger partial charge on any atom is 0.237 e. The largest absolute Gasteiger partial charge is 0.388 e. The van der Waals surface area contributed by atoms with E-state index in [0.29, 0.717) is 18.2 Å². The second kappa shape index (κ2) is 12.3. The topological polar surface area (TPSA) is 111 Å². The molecule has 2 aliphatic rings. The highest BCUT2D eigenvalue weighted by Gasteiger charge is 2.48. The minimum absolute atomic E-state index is 0.197. The molecule has 1 amide bonds. The van der Waals surface area contributed by atoms with E-state index in [9.17, 15) is 20.1 Å². The quantitative estimate of drug-likeness (QED) is 0.335. The summed E-state index contributed by atoms with van der Waals surface area (Å²) in [5.74, 6) is 1.02. The number of hydrogen-bond acceptors (Lipinski definition) is 7. The van der Waals surface area contributed by atoms with E-state index in [1.165, 1.54) is 11.8 Å². The van der Waals surface area contributed by atoms with Gasteiger partial charge in [0.25, 0.3) is 0 Å². The third-order valence-electron chi connectivity index (χ3n) is 5.87. The summed E-state index contributed by atoms with van der Waals surface area (Å²) in [6, 6.07) is -1.06. The van der Waals surface area contributed by atoms with Gasteiger partial charge in [-0.25, -0.2) is 0 Å². The zero-order valence-electron chi connectivity index (χ0n) is 17.0. The molecule has 0 bridgehead atoms. The summed E-state index contributed by atoms with van der Waals surface area (Å²) in [7, 11) is 0. The van der Waals surface area contributed by atoms with Gasteiger partial charge >= 0.3 is 0 Å². The minimum Gasteiger partial charge on any atom is -0.388 e. The van der Waals surface area contributed by atoms with Crippen LogP contribution in [0, 0.1) is 5.92 Å². The lowest BCUT2D eigenvalue weighted by Gasteiger charge is -2.44. The Hall–Kier alpha value is 0.200. The lowest BCUT2D eigenvalue weighted by molar-refractivity contribution is -0.205. The van der Waals surface area contributed by atoms with Gasteiger partial charge in [0.15, 0.2) is 0 Å². The Morgan fingerprint density at radius 1 is 1.24 bits per heavy atom. The van der Waals surface area contributed by atoms with Gasteiger partial charge < -0.3 is 30.7 Å². The van der Waals surface area contributed by atoms with Crippen LogP contribution in [0.1, 0.15) is 39.0 Å². The highest BCUT2D eigenvalue weighted by atomic mass is 35.5. The summed E-state index contributed by atoms with van der Waals surface area (Å²) < 4.78 is 5.80. The summed E-state index contributed by atoms with van der Waals surface area (Å²) in [6.07, 6.45) is 1.59. The number of nitrogens with one attached hydrogen (secondary N) is 2. The van der Waals surface area contributed by atoms with Crippen molar-refractivity contribution in [3.05, 3.63) is 0 Å². The molecule has 5 N–H and O–H groups in total. The van der Waals surface area contributed by atoms with Gasteiger partial charge in [-0.3, -0.25) is 4.79 Å². The molecule has 170 valence electrons. The summed E-state index contributed by atoms with van der Waals surface area (Å²) in [6.45, 7) is 2.46. The van der Waals surface area contributed by atoms with Crippen LogP contribution in [0.25, 0.3) is 0 Å². The molecule has 2 fully saturated rings. The molecule has 0 aliphatic carbocycles. The molecule has 9 unspecified atom stereocenters. The molecule has 0 spiro atoms. The number of rotatable bonds is 8. The Balaban J connectivity index is 2.01. The van der Waals surface area contributed by atoms with Crippen molar-refractivity contribution in [1.82, 2.24) is 10.6 Å². The van der Waals surface area contributed by atoms with E-state index in [2.05, 4.69) is 10.6 Å². The van der Waals surface area contributed by atoms with Crippen LogP contribution in [-0.4, -0.2) is 87.2 Å². The Labute approximate surface area is 187 Å². The number of aliphatic hydroxyl groups excluding tert-OH is 3. The number of alkyl halides is 2. The number of halogens is 2. The van der Waals surface area contributed by atoms with Gasteiger partial charge in [0.05, 0.1) is 17.5 Å². The highest BCUT2D eigenvalue weighted by molar-refractivity contribution is 7.99. The molecule has 0 aromatic carbocycles. The second-order valence-corrected chi connectivity index (χ2v) is 9.96. The zero-order chi connectivity index (χ0) is 21.6. The van der Waals surface area contributed by atoms with Gasteiger partial charge in [-0.05, 0) is 57.7 Å². The average molecular weight is 473 g/mol. The van der Waals surface area contributed by atoms with Crippen LogP contribution in [0.2, 0.25) is 0 Å². The fourth-order valence-electron chi connectivity index (χ4n) is 4.08. The van der Waals surface area contributed by atoms with E-state index in [0.717, 1.165) is 32.2 Å². The SMILES string of the molecule is CSC1OC(C(NC(=O)C2CCC(CCCCl)CCN2)C(C)Cl)C(O)C(O)C1O. The summed E-state index contributed by atoms with van der Waals surface area (Å²) in [5, 5.41) is 36.4. The van der Waals surface area contributed by atoms with Gasteiger partial charge in [0.1, 0.15) is 29.9 Å². The van der Waals surface area contributed by atoms with Crippen LogP contribution in [-0.2, 0) is 9.53 Å². The molecule has 7 nitrogen and oxygen atoms in total. The molecule has 2 heterocycles. The molecule has 0 aromatic rings. The first kappa shape index (κ1) is 25.5. The van der Waals surface area contributed by atoms with Crippen LogP contribution in [0.5, 0.6) is 0 Å². The van der Waals surface area contributed by atoms with Gasteiger partial charge in [0.2, 0.25) is 5.91 Å². The van der Waals surface area contributed by atoms with Crippen molar-refractivity contribution in [1.29, 1.82) is 0 Å². The first-order valence-corrected chi connectivity index (χ1v) is 12.5. The smallest absolute Gasteiger partial charge is 0.237 e. The van der Waals surface area contributed by atoms with Crippen molar-refractivity contribution in [3.8, 4) is 0 Å². The number of thioether (sulfide) groups is 1. The Bertz CT molecular complexity index is 517. The molecule has 9 atom stereocenters. The van der Waals surface area contributed by atoms with Crippen LogP contribution in [0.4, 0.5) is 0 Å². The average Bonchev–Trinajstić information content (AvgIpc) is 2.95. The molecule has 2 rings (SSSR count). The monoisotopic (exact) mass is 472 g/mol. The first-order chi connectivity index (χ1) is 13.8. The van der Waals surface area contributed by atoms with E-state index in [1.807, 2.05) is 0 Å². The maximum absolute atomic E-state index is 12.9. The number of aliphatic hydroxyl groups is 3. The zero-order valence-corrected chi connectivity index (χ0v) is 19.3. The first-order valence-electron chi connectivity index (χ1n) is 10.3. The van der Waals surface area contributed by atoms with Gasteiger partial charge in [-0.2, -0.15) is 0 Å². The molecule has 2 aliphatic heterocycles. The molecule has 0 radical (unpaired) electrons. The lowest BCUT2D eigenvalue weighted by Crippen LogP contribution is -2.65. The highest BCUT2D eigenvalue weighted by Crippen LogP contribution is 2.30. The summed E-state index contributed by atoms with van der Waals surface area (Å²) in [4.78, 5) is 12.9. The van der Waals surface area contributed by atoms with Crippen molar-refractivity contribution in [3.63, 3.8) is 0 Å². The normalized spacial score (nSPS) is 38.1. The second-order valence-electron chi connectivity index (χ2n) is 7.96. The van der Waals surface area contributed by atoms with Gasteiger partial charge in [-0.15, -0.1) is 35.0 Å². The Morgan fingerprint density at radius 2 is 1.97 bits per heavy atom. The van der Waals surface area contributed by atoms with Crippen LogP contribution < -0.4 is 10.6 Å². The summed E-state index contributed by atoms with van der Waals surface area (Å²) >= 11 is 13.3. The number of carbonyl (C=O) groups is 1. The molecule has 0 aromatic heterocycles. The predicted molar refractivity (Wildman–Crippen MR) is 117 cm³/mol. The van der Waals surface area contributed by atoms with Crippen LogP contribution in [0.15, 0.2) is 0 Å². The third kappa shape index (κ3) is 6.84. The van der Waals surface area contributed by atoms with Crippen molar-refractivity contribution < 1.29 is 24.9 Å². The van der Waals surface area contributed by atoms with E-state index < -0.39 is 41.3 Å². The molecular formula is C19H34Cl2N2O5S. The number of ether oxygens (including phenoxy) is 1. The summed E-state index contributed by atoms with van der Waals surface area (Å²) in [5.41, 5.74) is -0.716. The van der Waals surface area contributed by atoms with E-state index in [4.69, 9.17) is 27.9 Å². The number of carbonyl (C=O) groups excluding carboxylic acids is 1. The molecule has 29 heavy (non-hydrogen) atoms. The molecule has 10 heteroatoms.